The topological polar surface area (TPSA) is 357 Å². The number of ketones is 1. The Morgan fingerprint density at radius 3 is 1.39 bits per heavy atom. The van der Waals surface area contributed by atoms with E-state index in [2.05, 4.69) is 4.98 Å². The van der Waals surface area contributed by atoms with Crippen molar-refractivity contribution in [3.8, 4) is 23.0 Å². The molecule has 79 heavy (non-hydrogen) atoms. The maximum Gasteiger partial charge on any atom is 0.349 e. The average Bonchev–Trinajstić information content (AvgIpc) is 4.12. The van der Waals surface area contributed by atoms with Gasteiger partial charge in [-0.15, -0.1) is 0 Å². The van der Waals surface area contributed by atoms with Crippen LogP contribution in [0, 0.1) is 0 Å². The Balaban J connectivity index is 0.993. The minimum Gasteiger partial charge on any atom is -0.423 e. The largest absolute Gasteiger partial charge is 0.423 e. The first kappa shape index (κ1) is 55.6. The van der Waals surface area contributed by atoms with Crippen LogP contribution in [-0.4, -0.2) is 155 Å². The summed E-state index contributed by atoms with van der Waals surface area (Å²) in [5.74, 6) is -5.84. The van der Waals surface area contributed by atoms with E-state index < -0.39 is 129 Å². The SMILES string of the molecule is O=C(Oc1ccc(C(=O)/C=C/c2ccc(OC(=O)c3ccc[n+](C4O[C@H](CO)[C@@H](O)[C@H]4O)c3)c(OC(=O)c3cccnc3)c2)c(OC(=O)c2ccc[n+](C3O[C@H](CO)[C@@H](O)[C@H]3O)c2)c1)c1ccc[n+](C2O[C@H](CO)[C@@H](O)[C@H]2O)c1. The van der Waals surface area contributed by atoms with E-state index in [0.717, 1.165) is 12.1 Å². The Labute approximate surface area is 446 Å². The summed E-state index contributed by atoms with van der Waals surface area (Å²) in [5.41, 5.74) is -0.290. The van der Waals surface area contributed by atoms with Gasteiger partial charge in [-0.25, -0.2) is 19.2 Å². The summed E-state index contributed by atoms with van der Waals surface area (Å²) in [5, 5.41) is 91.4. The van der Waals surface area contributed by atoms with Crippen LogP contribution in [0.3, 0.4) is 0 Å². The van der Waals surface area contributed by atoms with Gasteiger partial charge in [-0.3, -0.25) is 9.78 Å². The molecule has 0 radical (unpaired) electrons. The van der Waals surface area contributed by atoms with Gasteiger partial charge in [-0.05, 0) is 66.2 Å². The third-order valence-electron chi connectivity index (χ3n) is 12.9. The second-order valence-electron chi connectivity index (χ2n) is 18.2. The molecule has 12 atom stereocenters. The molecule has 9 rings (SSSR count). The van der Waals surface area contributed by atoms with Crippen LogP contribution in [0.5, 0.6) is 23.0 Å². The summed E-state index contributed by atoms with van der Waals surface area (Å²) in [6, 6.07) is 18.8. The highest BCUT2D eigenvalue weighted by atomic mass is 16.6. The minimum atomic E-state index is -1.50. The van der Waals surface area contributed by atoms with E-state index >= 15 is 0 Å². The average molecular weight is 1090 g/mol. The Kier molecular flexibility index (Phi) is 17.1. The lowest BCUT2D eigenvalue weighted by atomic mass is 10.1. The van der Waals surface area contributed by atoms with E-state index in [1.54, 1.807) is 0 Å². The molecule has 0 amide bonds. The summed E-state index contributed by atoms with van der Waals surface area (Å²) in [6.45, 7) is -1.77. The molecule has 0 aliphatic carbocycles. The number of pyridine rings is 4. The zero-order valence-electron chi connectivity index (χ0n) is 41.1. The Morgan fingerprint density at radius 2 is 0.937 bits per heavy atom. The fraction of sp³-hybridized carbons (Fsp3) is 0.278. The molecule has 25 heteroatoms. The van der Waals surface area contributed by atoms with E-state index in [1.807, 2.05) is 0 Å². The molecule has 3 aliphatic rings. The van der Waals surface area contributed by atoms with Gasteiger partial charge >= 0.3 is 23.9 Å². The smallest absolute Gasteiger partial charge is 0.349 e. The molecular weight excluding hydrogens is 1040 g/mol. The molecule has 410 valence electrons. The van der Waals surface area contributed by atoms with E-state index in [0.29, 0.717) is 0 Å². The maximum atomic E-state index is 14.2. The highest BCUT2D eigenvalue weighted by Crippen LogP contribution is 2.33. The number of aromatic nitrogens is 4. The lowest BCUT2D eigenvalue weighted by molar-refractivity contribution is -0.766. The molecule has 0 saturated carbocycles. The number of rotatable bonds is 17. The number of aliphatic hydroxyl groups is 9. The lowest BCUT2D eigenvalue weighted by Gasteiger charge is -2.13. The van der Waals surface area contributed by atoms with Gasteiger partial charge in [-0.2, -0.15) is 13.7 Å². The van der Waals surface area contributed by atoms with Crippen LogP contribution in [0.15, 0.2) is 141 Å². The molecule has 25 nitrogen and oxygen atoms in total. The number of carbonyl (C=O) groups excluding carboxylic acids is 5. The zero-order valence-corrected chi connectivity index (χ0v) is 41.1. The molecule has 3 fully saturated rings. The predicted octanol–water partition coefficient (Wildman–Crippen LogP) is -1.45. The number of aliphatic hydroxyl groups excluding tert-OH is 9. The van der Waals surface area contributed by atoms with Crippen molar-refractivity contribution in [1.29, 1.82) is 0 Å². The van der Waals surface area contributed by atoms with Gasteiger partial charge in [0, 0.05) is 36.7 Å². The van der Waals surface area contributed by atoms with Crippen molar-refractivity contribution >= 4 is 35.7 Å². The Bertz CT molecular complexity index is 3270. The molecule has 7 heterocycles. The first-order valence-electron chi connectivity index (χ1n) is 24.2. The first-order chi connectivity index (χ1) is 38.0. The van der Waals surface area contributed by atoms with Crippen LogP contribution in [0.2, 0.25) is 0 Å². The van der Waals surface area contributed by atoms with E-state index in [4.69, 9.17) is 33.2 Å². The van der Waals surface area contributed by atoms with Crippen molar-refractivity contribution < 1.29 is 117 Å². The molecule has 0 spiro atoms. The van der Waals surface area contributed by atoms with Crippen LogP contribution in [-0.2, 0) is 14.2 Å². The highest BCUT2D eigenvalue weighted by Gasteiger charge is 2.50. The van der Waals surface area contributed by atoms with E-state index in [1.165, 1.54) is 148 Å². The van der Waals surface area contributed by atoms with Gasteiger partial charge < -0.3 is 79.1 Å². The number of allylic oxidation sites excluding steroid dienone is 1. The molecular formula is C54H51N4O21+3. The third-order valence-corrected chi connectivity index (χ3v) is 12.9. The first-order valence-corrected chi connectivity index (χ1v) is 24.2. The van der Waals surface area contributed by atoms with Crippen LogP contribution in [0.25, 0.3) is 6.08 Å². The maximum absolute atomic E-state index is 14.2. The number of ether oxygens (including phenoxy) is 7. The molecule has 3 unspecified atom stereocenters. The van der Waals surface area contributed by atoms with Crippen molar-refractivity contribution in [1.82, 2.24) is 4.98 Å². The van der Waals surface area contributed by atoms with Crippen LogP contribution in [0.4, 0.5) is 0 Å². The third kappa shape index (κ3) is 12.1. The van der Waals surface area contributed by atoms with Gasteiger partial charge in [-0.1, -0.05) is 12.1 Å². The number of hydrogen-bond acceptors (Lipinski definition) is 22. The van der Waals surface area contributed by atoms with E-state index in [-0.39, 0.29) is 50.6 Å². The number of carbonyl (C=O) groups is 5. The normalized spacial score (nSPS) is 25.5. The number of nitrogens with zero attached hydrogens (tertiary/aromatic N) is 4. The molecule has 6 aromatic rings. The molecule has 3 saturated heterocycles. The molecule has 9 N–H and O–H groups in total. The minimum absolute atomic E-state index is 0.0298. The summed E-state index contributed by atoms with van der Waals surface area (Å²) < 4.78 is 43.4. The van der Waals surface area contributed by atoms with Crippen molar-refractivity contribution in [3.05, 3.63) is 174 Å². The second-order valence-corrected chi connectivity index (χ2v) is 18.2. The molecule has 3 aliphatic heterocycles. The summed E-state index contributed by atoms with van der Waals surface area (Å²) in [7, 11) is 0. The predicted molar refractivity (Wildman–Crippen MR) is 259 cm³/mol. The van der Waals surface area contributed by atoms with Gasteiger partial charge in [0.1, 0.15) is 64.8 Å². The van der Waals surface area contributed by atoms with Gasteiger partial charge in [0.25, 0.3) is 18.7 Å². The summed E-state index contributed by atoms with van der Waals surface area (Å²) in [6.07, 6.45) is -2.43. The number of benzene rings is 2. The van der Waals surface area contributed by atoms with Crippen molar-refractivity contribution in [2.24, 2.45) is 0 Å². The van der Waals surface area contributed by atoms with Crippen LogP contribution < -0.4 is 32.6 Å². The highest BCUT2D eigenvalue weighted by molar-refractivity contribution is 6.09. The molecule has 4 aromatic heterocycles. The number of hydrogen-bond donors (Lipinski definition) is 9. The molecule has 2 aromatic carbocycles. The molecule has 0 bridgehead atoms. The van der Waals surface area contributed by atoms with Crippen LogP contribution in [0.1, 0.15) is 76.0 Å². The Morgan fingerprint density at radius 1 is 0.494 bits per heavy atom. The van der Waals surface area contributed by atoms with Crippen LogP contribution >= 0.6 is 0 Å². The van der Waals surface area contributed by atoms with Crippen molar-refractivity contribution in [2.75, 3.05) is 19.8 Å². The lowest BCUT2D eigenvalue weighted by Crippen LogP contribution is -2.46. The monoisotopic (exact) mass is 1090 g/mol. The quantitative estimate of drug-likeness (QED) is 0.0166. The summed E-state index contributed by atoms with van der Waals surface area (Å²) in [4.78, 5) is 72.6. The van der Waals surface area contributed by atoms with E-state index in [9.17, 15) is 69.9 Å². The van der Waals surface area contributed by atoms with Crippen molar-refractivity contribution in [2.45, 2.75) is 73.6 Å². The standard InChI is InChI=1S/C54H51N4O21/c59-25-39-42(63)45(66)48(74-39)56-16-2-6-30(22-56)52(70)73-33-11-12-34(37(20-33)78-54(72)32-8-4-18-58(24-32)50-47(68)44(65)41(27-61)76-50)35(62)13-9-28-10-14-36(38(19-28)79-51(69)29-5-1-15-55-21-29)77-53(71)31-7-3-17-57(23-31)49-46(67)43(64)40(26-60)75-49/h1-24,39-50,59-61,63-68H,25-27H2/q+3/b13-9+/t39-,40-,41-,42-,43-,44-,45-,46-,47-,48?,49?,50?/m1/s1. The zero-order chi connectivity index (χ0) is 56.1. The second kappa shape index (κ2) is 24.3. The fourth-order valence-electron chi connectivity index (χ4n) is 8.73. The van der Waals surface area contributed by atoms with Gasteiger partial charge in [0.15, 0.2) is 72.8 Å². The van der Waals surface area contributed by atoms with Gasteiger partial charge in [0.05, 0.1) is 30.9 Å². The Hall–Kier alpha value is -8.15. The number of esters is 4. The summed E-state index contributed by atoms with van der Waals surface area (Å²) >= 11 is 0. The van der Waals surface area contributed by atoms with Gasteiger partial charge in [0.2, 0.25) is 0 Å². The van der Waals surface area contributed by atoms with Crippen molar-refractivity contribution in [3.63, 3.8) is 0 Å². The fourth-order valence-corrected chi connectivity index (χ4v) is 8.73.